The highest BCUT2D eigenvalue weighted by atomic mass is 16.1. The maximum absolute atomic E-state index is 12.0. The Hall–Kier alpha value is -1.89. The molecule has 0 N–H and O–H groups in total. The van der Waals surface area contributed by atoms with E-state index in [-0.39, 0.29) is 5.78 Å². The zero-order valence-electron chi connectivity index (χ0n) is 10.4. The summed E-state index contributed by atoms with van der Waals surface area (Å²) in [6.45, 7) is 4.00. The van der Waals surface area contributed by atoms with Gasteiger partial charge in [0.1, 0.15) is 0 Å². The molecule has 0 spiro atoms. The Bertz CT molecular complexity index is 436. The van der Waals surface area contributed by atoms with Gasteiger partial charge in [-0.05, 0) is 6.42 Å². The number of hydrogen-bond acceptors (Lipinski definition) is 1. The van der Waals surface area contributed by atoms with Crippen LogP contribution in [0, 0.1) is 0 Å². The van der Waals surface area contributed by atoms with E-state index >= 15 is 0 Å². The number of rotatable bonds is 2. The van der Waals surface area contributed by atoms with Crippen molar-refractivity contribution in [1.29, 1.82) is 0 Å². The molecule has 0 aromatic heterocycles. The Balaban J connectivity index is 0.000000686. The van der Waals surface area contributed by atoms with E-state index in [1.807, 2.05) is 74.6 Å². The van der Waals surface area contributed by atoms with Gasteiger partial charge in [-0.2, -0.15) is 0 Å². The molecule has 0 radical (unpaired) electrons. The van der Waals surface area contributed by atoms with Crippen LogP contribution in [0.4, 0.5) is 0 Å². The van der Waals surface area contributed by atoms with Gasteiger partial charge < -0.3 is 0 Å². The summed E-state index contributed by atoms with van der Waals surface area (Å²) in [6.07, 6.45) is 10.6. The zero-order chi connectivity index (χ0) is 12.5. The maximum Gasteiger partial charge on any atom is 0.193 e. The van der Waals surface area contributed by atoms with Crippen molar-refractivity contribution in [2.45, 2.75) is 20.3 Å². The van der Waals surface area contributed by atoms with Gasteiger partial charge in [0.2, 0.25) is 0 Å². The van der Waals surface area contributed by atoms with Crippen LogP contribution in [-0.4, -0.2) is 5.78 Å². The summed E-state index contributed by atoms with van der Waals surface area (Å²) in [6, 6.07) is 9.35. The number of Topliss-reactive ketones (excluding diaryl/α,β-unsaturated/α-hetero) is 1. The predicted octanol–water partition coefficient (Wildman–Crippen LogP) is 4.34. The van der Waals surface area contributed by atoms with Gasteiger partial charge in [-0.3, -0.25) is 4.79 Å². The molecule has 88 valence electrons. The molecule has 0 heterocycles. The highest BCUT2D eigenvalue weighted by Gasteiger charge is 2.08. The Labute approximate surface area is 103 Å². The molecule has 0 atom stereocenters. The van der Waals surface area contributed by atoms with Gasteiger partial charge in [0, 0.05) is 11.1 Å². The van der Waals surface area contributed by atoms with E-state index in [9.17, 15) is 4.79 Å². The van der Waals surface area contributed by atoms with E-state index in [1.54, 1.807) is 0 Å². The van der Waals surface area contributed by atoms with Crippen molar-refractivity contribution in [3.63, 3.8) is 0 Å². The standard InChI is InChI=1S/C14H12O.C2H6/c15-14(13-10-6-3-7-11-13)12-8-4-1-2-5-9-12;1-2/h1,3-11H,2H2;1-2H3. The first-order valence-electron chi connectivity index (χ1n) is 6.01. The summed E-state index contributed by atoms with van der Waals surface area (Å²) in [5.41, 5.74) is 1.48. The van der Waals surface area contributed by atoms with Crippen molar-refractivity contribution in [2.75, 3.05) is 0 Å². The molecule has 0 fully saturated rings. The second-order valence-corrected chi connectivity index (χ2v) is 3.38. The van der Waals surface area contributed by atoms with Crippen LogP contribution < -0.4 is 0 Å². The van der Waals surface area contributed by atoms with Crippen LogP contribution in [0.3, 0.4) is 0 Å². The molecule has 1 aliphatic rings. The Kier molecular flexibility index (Phi) is 5.73. The fourth-order valence-corrected chi connectivity index (χ4v) is 1.49. The van der Waals surface area contributed by atoms with E-state index in [1.165, 1.54) is 0 Å². The van der Waals surface area contributed by atoms with Gasteiger partial charge in [0.25, 0.3) is 0 Å². The van der Waals surface area contributed by atoms with Crippen LogP contribution in [0.25, 0.3) is 0 Å². The molecule has 0 aliphatic heterocycles. The van der Waals surface area contributed by atoms with E-state index < -0.39 is 0 Å². The summed E-state index contributed by atoms with van der Waals surface area (Å²) in [7, 11) is 0. The molecule has 17 heavy (non-hydrogen) atoms. The summed E-state index contributed by atoms with van der Waals surface area (Å²) in [5, 5.41) is 0. The van der Waals surface area contributed by atoms with E-state index in [4.69, 9.17) is 0 Å². The first-order valence-corrected chi connectivity index (χ1v) is 6.01. The van der Waals surface area contributed by atoms with Gasteiger partial charge in [-0.1, -0.05) is 74.6 Å². The SMILES string of the molecule is CC.O=C(C1=CC=CCC=C1)c1ccccc1. The van der Waals surface area contributed by atoms with Crippen molar-refractivity contribution in [1.82, 2.24) is 0 Å². The minimum Gasteiger partial charge on any atom is -0.289 e. The quantitative estimate of drug-likeness (QED) is 0.686. The van der Waals surface area contributed by atoms with Gasteiger partial charge in [-0.25, -0.2) is 0 Å². The first kappa shape index (κ1) is 13.2. The molecule has 0 bridgehead atoms. The first-order chi connectivity index (χ1) is 8.38. The minimum atomic E-state index is 0.0819. The summed E-state index contributed by atoms with van der Waals surface area (Å²) in [4.78, 5) is 12.0. The van der Waals surface area contributed by atoms with Crippen molar-refractivity contribution >= 4 is 5.78 Å². The van der Waals surface area contributed by atoms with E-state index in [0.29, 0.717) is 0 Å². The summed E-state index contributed by atoms with van der Waals surface area (Å²) < 4.78 is 0. The number of allylic oxidation sites excluding steroid dienone is 6. The lowest BCUT2D eigenvalue weighted by molar-refractivity contribution is 0.103. The van der Waals surface area contributed by atoms with Crippen LogP contribution in [0.15, 0.2) is 66.3 Å². The molecule has 0 saturated heterocycles. The molecule has 1 aliphatic carbocycles. The zero-order valence-corrected chi connectivity index (χ0v) is 10.4. The van der Waals surface area contributed by atoms with Crippen LogP contribution in [0.5, 0.6) is 0 Å². The number of carbonyl (C=O) groups excluding carboxylic acids is 1. The third-order valence-corrected chi connectivity index (χ3v) is 2.28. The highest BCUT2D eigenvalue weighted by molar-refractivity contribution is 6.10. The summed E-state index contributed by atoms with van der Waals surface area (Å²) in [5.74, 6) is 0.0819. The Morgan fingerprint density at radius 2 is 1.76 bits per heavy atom. The second kappa shape index (κ2) is 7.39. The topological polar surface area (TPSA) is 17.1 Å². The summed E-state index contributed by atoms with van der Waals surface area (Å²) >= 11 is 0. The van der Waals surface area contributed by atoms with Crippen molar-refractivity contribution in [2.24, 2.45) is 0 Å². The van der Waals surface area contributed by atoms with E-state index in [2.05, 4.69) is 0 Å². The molecule has 0 amide bonds. The average molecular weight is 226 g/mol. The molecular weight excluding hydrogens is 208 g/mol. The fraction of sp³-hybridized carbons (Fsp3) is 0.188. The lowest BCUT2D eigenvalue weighted by atomic mass is 10.0. The molecule has 1 aromatic rings. The van der Waals surface area contributed by atoms with Gasteiger partial charge >= 0.3 is 0 Å². The minimum absolute atomic E-state index is 0.0819. The van der Waals surface area contributed by atoms with Gasteiger partial charge in [0.15, 0.2) is 5.78 Å². The lowest BCUT2D eigenvalue weighted by Crippen LogP contribution is -2.00. The number of hydrogen-bond donors (Lipinski definition) is 0. The van der Waals surface area contributed by atoms with Crippen LogP contribution in [-0.2, 0) is 0 Å². The third kappa shape index (κ3) is 3.87. The number of carbonyl (C=O) groups is 1. The van der Waals surface area contributed by atoms with Crippen LogP contribution in [0.2, 0.25) is 0 Å². The Morgan fingerprint density at radius 1 is 1.06 bits per heavy atom. The van der Waals surface area contributed by atoms with Gasteiger partial charge in [-0.15, -0.1) is 0 Å². The molecule has 2 rings (SSSR count). The Morgan fingerprint density at radius 3 is 2.47 bits per heavy atom. The molecule has 1 heteroatoms. The van der Waals surface area contributed by atoms with Gasteiger partial charge in [0.05, 0.1) is 0 Å². The largest absolute Gasteiger partial charge is 0.289 e. The highest BCUT2D eigenvalue weighted by Crippen LogP contribution is 2.12. The normalized spacial score (nSPS) is 13.2. The van der Waals surface area contributed by atoms with E-state index in [0.717, 1.165) is 17.6 Å². The van der Waals surface area contributed by atoms with Crippen LogP contribution in [0.1, 0.15) is 30.6 Å². The fourth-order valence-electron chi connectivity index (χ4n) is 1.49. The molecule has 1 nitrogen and oxygen atoms in total. The molecule has 0 saturated carbocycles. The number of ketones is 1. The molecule has 1 aromatic carbocycles. The molecule has 0 unspecified atom stereocenters. The van der Waals surface area contributed by atoms with Crippen LogP contribution >= 0.6 is 0 Å². The van der Waals surface area contributed by atoms with Crippen molar-refractivity contribution in [3.8, 4) is 0 Å². The maximum atomic E-state index is 12.0. The smallest absolute Gasteiger partial charge is 0.193 e. The predicted molar refractivity (Wildman–Crippen MR) is 73.1 cm³/mol. The van der Waals surface area contributed by atoms with Crippen molar-refractivity contribution < 1.29 is 4.79 Å². The van der Waals surface area contributed by atoms with Crippen molar-refractivity contribution in [3.05, 3.63) is 71.8 Å². The number of benzene rings is 1. The monoisotopic (exact) mass is 226 g/mol. The molecular formula is C16H18O. The second-order valence-electron chi connectivity index (χ2n) is 3.38. The lowest BCUT2D eigenvalue weighted by Gasteiger charge is -1.99. The third-order valence-electron chi connectivity index (χ3n) is 2.28. The average Bonchev–Trinajstić information content (AvgIpc) is 2.70.